The predicted octanol–water partition coefficient (Wildman–Crippen LogP) is 2.78. The molecule has 1 aromatic carbocycles. The average molecular weight is 344 g/mol. The molecule has 4 rings (SSSR count). The molecule has 0 spiro atoms. The first-order valence-corrected chi connectivity index (χ1v) is 8.25. The average Bonchev–Trinajstić information content (AvgIpc) is 2.77. The Hall–Kier alpha value is -2.18. The number of carbonyl (C=O) groups excluding carboxylic acids is 2. The molecule has 1 heterocycles. The summed E-state index contributed by atoms with van der Waals surface area (Å²) in [6, 6.07) is 2.85. The van der Waals surface area contributed by atoms with Crippen molar-refractivity contribution < 1.29 is 28.9 Å². The lowest BCUT2D eigenvalue weighted by molar-refractivity contribution is -0.159. The third-order valence-corrected chi connectivity index (χ3v) is 5.21. The quantitative estimate of drug-likeness (QED) is 0.843. The minimum absolute atomic E-state index is 0.0475. The molecule has 1 aliphatic heterocycles. The lowest BCUT2D eigenvalue weighted by atomic mass is 9.71. The van der Waals surface area contributed by atoms with E-state index in [2.05, 4.69) is 0 Å². The second-order valence-corrected chi connectivity index (χ2v) is 7.49. The van der Waals surface area contributed by atoms with Crippen LogP contribution in [0.1, 0.15) is 54.3 Å². The van der Waals surface area contributed by atoms with Crippen LogP contribution in [0, 0.1) is 0 Å². The fraction of sp³-hybridized carbons (Fsp3) is 0.474. The Morgan fingerprint density at radius 3 is 2.56 bits per heavy atom. The first kappa shape index (κ1) is 16.3. The topological polar surface area (TPSA) is 82.1 Å². The van der Waals surface area contributed by atoms with Crippen LogP contribution in [-0.2, 0) is 9.47 Å². The zero-order valence-corrected chi connectivity index (χ0v) is 14.6. The molecule has 2 atom stereocenters. The van der Waals surface area contributed by atoms with Crippen LogP contribution in [0.15, 0.2) is 23.3 Å². The van der Waals surface area contributed by atoms with Crippen LogP contribution in [-0.4, -0.2) is 41.3 Å². The maximum Gasteiger partial charge on any atom is 0.194 e. The zero-order valence-electron chi connectivity index (χ0n) is 14.6. The highest BCUT2D eigenvalue weighted by Crippen LogP contribution is 2.50. The van der Waals surface area contributed by atoms with Crippen LogP contribution in [0.4, 0.5) is 0 Å². The molecule has 25 heavy (non-hydrogen) atoms. The number of rotatable bonds is 1. The van der Waals surface area contributed by atoms with Crippen molar-refractivity contribution in [1.29, 1.82) is 0 Å². The largest absolute Gasteiger partial charge is 0.507 e. The summed E-state index contributed by atoms with van der Waals surface area (Å²) >= 11 is 0. The molecule has 0 unspecified atom stereocenters. The van der Waals surface area contributed by atoms with Gasteiger partial charge in [-0.3, -0.25) is 9.59 Å². The van der Waals surface area contributed by atoms with Crippen LogP contribution in [0.5, 0.6) is 11.5 Å². The molecule has 6 heteroatoms. The Kier molecular flexibility index (Phi) is 3.21. The van der Waals surface area contributed by atoms with Gasteiger partial charge in [0.1, 0.15) is 11.5 Å². The fourth-order valence-corrected chi connectivity index (χ4v) is 4.19. The second-order valence-electron chi connectivity index (χ2n) is 7.49. The summed E-state index contributed by atoms with van der Waals surface area (Å²) in [5.41, 5.74) is 0.440. The molecule has 0 saturated carbocycles. The Morgan fingerprint density at radius 1 is 1.16 bits per heavy atom. The summed E-state index contributed by atoms with van der Waals surface area (Å²) in [5, 5.41) is 10.2. The van der Waals surface area contributed by atoms with Gasteiger partial charge in [0.25, 0.3) is 0 Å². The molecule has 6 nitrogen and oxygen atoms in total. The monoisotopic (exact) mass is 344 g/mol. The highest BCUT2D eigenvalue weighted by molar-refractivity contribution is 6.28. The van der Waals surface area contributed by atoms with Gasteiger partial charge in [-0.15, -0.1) is 0 Å². The molecule has 0 bridgehead atoms. The highest BCUT2D eigenvalue weighted by Gasteiger charge is 2.55. The first-order valence-electron chi connectivity index (χ1n) is 8.25. The van der Waals surface area contributed by atoms with E-state index < -0.39 is 11.4 Å². The summed E-state index contributed by atoms with van der Waals surface area (Å²) < 4.78 is 17.1. The van der Waals surface area contributed by atoms with E-state index in [9.17, 15) is 14.7 Å². The van der Waals surface area contributed by atoms with E-state index in [4.69, 9.17) is 14.2 Å². The van der Waals surface area contributed by atoms with E-state index in [1.807, 2.05) is 20.8 Å². The molecule has 1 saturated heterocycles. The Balaban J connectivity index is 1.82. The van der Waals surface area contributed by atoms with E-state index in [0.29, 0.717) is 29.7 Å². The number of ether oxygens (including phenoxy) is 3. The summed E-state index contributed by atoms with van der Waals surface area (Å²) in [7, 11) is 1.44. The molecule has 132 valence electrons. The lowest BCUT2D eigenvalue weighted by Crippen LogP contribution is -2.44. The molecular formula is C19H20O6. The maximum absolute atomic E-state index is 13.0. The van der Waals surface area contributed by atoms with E-state index in [-0.39, 0.29) is 34.5 Å². The molecule has 1 fully saturated rings. The fourth-order valence-electron chi connectivity index (χ4n) is 4.19. The van der Waals surface area contributed by atoms with Crippen molar-refractivity contribution in [2.75, 3.05) is 7.11 Å². The van der Waals surface area contributed by atoms with Gasteiger partial charge in [-0.2, -0.15) is 0 Å². The van der Waals surface area contributed by atoms with E-state index in [1.54, 1.807) is 0 Å². The van der Waals surface area contributed by atoms with E-state index in [1.165, 1.54) is 19.2 Å². The second kappa shape index (κ2) is 4.93. The zero-order chi connectivity index (χ0) is 18.1. The van der Waals surface area contributed by atoms with Crippen LogP contribution >= 0.6 is 0 Å². The maximum atomic E-state index is 13.0. The van der Waals surface area contributed by atoms with Crippen LogP contribution < -0.4 is 4.74 Å². The Morgan fingerprint density at radius 2 is 1.88 bits per heavy atom. The van der Waals surface area contributed by atoms with E-state index in [0.717, 1.165) is 0 Å². The van der Waals surface area contributed by atoms with Crippen molar-refractivity contribution in [2.45, 2.75) is 51.1 Å². The van der Waals surface area contributed by atoms with Gasteiger partial charge in [0.2, 0.25) is 0 Å². The summed E-state index contributed by atoms with van der Waals surface area (Å²) in [5.74, 6) is -1.25. The van der Waals surface area contributed by atoms with Crippen molar-refractivity contribution in [3.63, 3.8) is 0 Å². The first-order chi connectivity index (χ1) is 11.6. The van der Waals surface area contributed by atoms with Gasteiger partial charge in [-0.05, 0) is 26.8 Å². The lowest BCUT2D eigenvalue weighted by Gasteiger charge is -2.37. The van der Waals surface area contributed by atoms with Gasteiger partial charge < -0.3 is 19.3 Å². The number of ketones is 2. The van der Waals surface area contributed by atoms with Gasteiger partial charge in [0.15, 0.2) is 17.4 Å². The summed E-state index contributed by atoms with van der Waals surface area (Å²) in [6.45, 7) is 5.56. The van der Waals surface area contributed by atoms with E-state index >= 15 is 0 Å². The minimum Gasteiger partial charge on any atom is -0.507 e. The van der Waals surface area contributed by atoms with Crippen LogP contribution in [0.3, 0.4) is 0 Å². The summed E-state index contributed by atoms with van der Waals surface area (Å²) in [6.07, 6.45) is 0.295. The third kappa shape index (κ3) is 2.24. The van der Waals surface area contributed by atoms with Crippen LogP contribution in [0.25, 0.3) is 0 Å². The van der Waals surface area contributed by atoms with Crippen LogP contribution in [0.2, 0.25) is 0 Å². The molecule has 0 aromatic heterocycles. The Labute approximate surface area is 145 Å². The van der Waals surface area contributed by atoms with Gasteiger partial charge in [-0.25, -0.2) is 0 Å². The predicted molar refractivity (Wildman–Crippen MR) is 88.0 cm³/mol. The Bertz CT molecular complexity index is 850. The molecule has 0 radical (unpaired) electrons. The van der Waals surface area contributed by atoms with Crippen molar-refractivity contribution in [2.24, 2.45) is 0 Å². The molecular weight excluding hydrogens is 324 g/mol. The normalized spacial score (nSPS) is 30.0. The number of hydrogen-bond donors (Lipinski definition) is 1. The number of phenolic OH excluding ortho intramolecular Hbond substituents is 1. The van der Waals surface area contributed by atoms with Crippen molar-refractivity contribution in [1.82, 2.24) is 0 Å². The van der Waals surface area contributed by atoms with Crippen molar-refractivity contribution in [3.8, 4) is 11.5 Å². The molecule has 2 aliphatic carbocycles. The smallest absolute Gasteiger partial charge is 0.194 e. The number of phenols is 1. The number of Topliss-reactive ketones (excluding diaryl/α,β-unsaturated/α-hetero) is 2. The SMILES string of the molecule is COc1cc(O)c2c(c1)C(=O)C1=C(C[C@H]3OC(C)(C)O[C@@]3(C)C1)C2=O. The van der Waals surface area contributed by atoms with Gasteiger partial charge >= 0.3 is 0 Å². The summed E-state index contributed by atoms with van der Waals surface area (Å²) in [4.78, 5) is 26.0. The number of benzene rings is 1. The van der Waals surface area contributed by atoms with Gasteiger partial charge in [0.05, 0.1) is 24.4 Å². The van der Waals surface area contributed by atoms with Crippen molar-refractivity contribution >= 4 is 11.6 Å². The molecule has 1 N–H and O–H groups in total. The van der Waals surface area contributed by atoms with Crippen molar-refractivity contribution in [3.05, 3.63) is 34.4 Å². The number of methoxy groups -OCH3 is 1. The standard InChI is InChI=1S/C19H20O6/c1-18(2)24-14-7-10-12(8-19(14,3)25-18)16(21)11-5-9(23-4)6-13(20)15(11)17(10)22/h5-6,14,20H,7-8H2,1-4H3/t14-,19+/m1/s1. The minimum atomic E-state index is -0.766. The molecule has 0 amide bonds. The number of carbonyl (C=O) groups is 2. The molecule has 1 aromatic rings. The highest BCUT2D eigenvalue weighted by atomic mass is 16.8. The van der Waals surface area contributed by atoms with Gasteiger partial charge in [-0.1, -0.05) is 0 Å². The third-order valence-electron chi connectivity index (χ3n) is 5.21. The van der Waals surface area contributed by atoms with Gasteiger partial charge in [0, 0.05) is 35.6 Å². The number of aromatic hydroxyl groups is 1. The molecule has 3 aliphatic rings. The number of hydrogen-bond acceptors (Lipinski definition) is 6. The number of fused-ring (bicyclic) bond motifs is 2.